The van der Waals surface area contributed by atoms with E-state index < -0.39 is 0 Å². The van der Waals surface area contributed by atoms with Crippen molar-refractivity contribution in [2.75, 3.05) is 38.2 Å². The van der Waals surface area contributed by atoms with Crippen LogP contribution in [0.3, 0.4) is 0 Å². The molecule has 0 aliphatic carbocycles. The molecule has 1 fully saturated rings. The fraction of sp³-hybridized carbons (Fsp3) is 0.643. The summed E-state index contributed by atoms with van der Waals surface area (Å²) in [5.41, 5.74) is 0. The summed E-state index contributed by atoms with van der Waals surface area (Å²) in [6.07, 6.45) is 1.39. The smallest absolute Gasteiger partial charge is 0.307 e. The highest BCUT2D eigenvalue weighted by Crippen LogP contribution is 2.19. The molecule has 1 aliphatic heterocycles. The zero-order valence-corrected chi connectivity index (χ0v) is 13.4. The number of thioether (sulfide) groups is 1. The first-order valence-electron chi connectivity index (χ1n) is 6.88. The van der Waals surface area contributed by atoms with E-state index in [9.17, 15) is 14.4 Å². The van der Waals surface area contributed by atoms with Crippen LogP contribution >= 0.6 is 11.8 Å². The molecular formula is C14H22N2O4S. The normalized spacial score (nSPS) is 18.0. The summed E-state index contributed by atoms with van der Waals surface area (Å²) < 4.78 is 4.67. The van der Waals surface area contributed by atoms with Crippen LogP contribution in [0, 0.1) is 0 Å². The zero-order chi connectivity index (χ0) is 15.8. The van der Waals surface area contributed by atoms with Gasteiger partial charge in [-0.15, -0.1) is 0 Å². The second-order valence-corrected chi connectivity index (χ2v) is 5.80. The van der Waals surface area contributed by atoms with Crippen LogP contribution in [0.5, 0.6) is 0 Å². The Balaban J connectivity index is 2.69. The first-order valence-corrected chi connectivity index (χ1v) is 8.04. The third-order valence-corrected chi connectivity index (χ3v) is 4.46. The quantitative estimate of drug-likeness (QED) is 0.528. The highest BCUT2D eigenvalue weighted by molar-refractivity contribution is 7.99. The van der Waals surface area contributed by atoms with Gasteiger partial charge in [-0.3, -0.25) is 14.4 Å². The molecule has 0 aromatic rings. The molecule has 0 saturated carbocycles. The summed E-state index contributed by atoms with van der Waals surface area (Å²) >= 11 is 1.71. The van der Waals surface area contributed by atoms with E-state index in [0.717, 1.165) is 5.75 Å². The molecule has 1 aliphatic rings. The van der Waals surface area contributed by atoms with E-state index in [1.807, 2.05) is 6.92 Å². The summed E-state index contributed by atoms with van der Waals surface area (Å²) in [6.45, 7) is 6.30. The van der Waals surface area contributed by atoms with Crippen LogP contribution in [0.1, 0.15) is 13.3 Å². The number of hydrogen-bond donors (Lipinski definition) is 0. The number of carbonyl (C=O) groups is 3. The minimum Gasteiger partial charge on any atom is -0.469 e. The van der Waals surface area contributed by atoms with Crippen LogP contribution < -0.4 is 0 Å². The predicted molar refractivity (Wildman–Crippen MR) is 81.9 cm³/mol. The maximum atomic E-state index is 12.4. The van der Waals surface area contributed by atoms with E-state index in [-0.39, 0.29) is 36.8 Å². The average Bonchev–Trinajstić information content (AvgIpc) is 2.51. The summed E-state index contributed by atoms with van der Waals surface area (Å²) in [4.78, 5) is 38.6. The lowest BCUT2D eigenvalue weighted by molar-refractivity contribution is -0.144. The molecule has 1 atom stereocenters. The number of esters is 1. The first-order chi connectivity index (χ1) is 10.0. The molecular weight excluding hydrogens is 292 g/mol. The first kappa shape index (κ1) is 17.6. The van der Waals surface area contributed by atoms with Gasteiger partial charge in [0, 0.05) is 24.6 Å². The maximum absolute atomic E-state index is 12.4. The largest absolute Gasteiger partial charge is 0.469 e. The van der Waals surface area contributed by atoms with Crippen molar-refractivity contribution < 1.29 is 19.1 Å². The molecule has 0 aromatic carbocycles. The van der Waals surface area contributed by atoms with Gasteiger partial charge in [-0.25, -0.2) is 0 Å². The Labute approximate surface area is 129 Å². The lowest BCUT2D eigenvalue weighted by Crippen LogP contribution is -2.51. The number of hydrogen-bond acceptors (Lipinski definition) is 5. The number of likely N-dealkylation sites (N-methyl/N-ethyl adjacent to an activating group) is 1. The molecule has 2 amide bonds. The second kappa shape index (κ2) is 8.71. The van der Waals surface area contributed by atoms with Crippen LogP contribution in [0.15, 0.2) is 12.7 Å². The van der Waals surface area contributed by atoms with E-state index in [2.05, 4.69) is 11.3 Å². The van der Waals surface area contributed by atoms with Crippen LogP contribution in [-0.2, 0) is 19.1 Å². The van der Waals surface area contributed by atoms with Gasteiger partial charge in [0.15, 0.2) is 0 Å². The average molecular weight is 314 g/mol. The number of carbonyl (C=O) groups excluding carboxylic acids is 3. The molecule has 1 unspecified atom stereocenters. The van der Waals surface area contributed by atoms with Crippen LogP contribution in [0.25, 0.3) is 0 Å². The molecule has 0 N–H and O–H groups in total. The van der Waals surface area contributed by atoms with Crippen molar-refractivity contribution in [3.8, 4) is 0 Å². The highest BCUT2D eigenvalue weighted by atomic mass is 32.2. The van der Waals surface area contributed by atoms with Crippen molar-refractivity contribution >= 4 is 29.5 Å². The van der Waals surface area contributed by atoms with Crippen molar-refractivity contribution in [3.63, 3.8) is 0 Å². The Morgan fingerprint density at radius 3 is 2.76 bits per heavy atom. The van der Waals surface area contributed by atoms with Gasteiger partial charge in [0.1, 0.15) is 6.54 Å². The number of ether oxygens (including phenoxy) is 1. The lowest BCUT2D eigenvalue weighted by Gasteiger charge is -2.36. The Kier molecular flexibility index (Phi) is 7.28. The van der Waals surface area contributed by atoms with Crippen LogP contribution in [0.2, 0.25) is 0 Å². The molecule has 0 aromatic heterocycles. The number of rotatable bonds is 6. The maximum Gasteiger partial charge on any atom is 0.307 e. The van der Waals surface area contributed by atoms with Gasteiger partial charge in [0.05, 0.1) is 19.6 Å². The molecule has 6 nitrogen and oxygen atoms in total. The standard InChI is InChI=1S/C14H22N2O4S/c1-4-12(17)15(5-2)9-13(18)16-6-7-21-10-11(16)8-14(19)20-3/h4,11H,1,5-10H2,2-3H3. The third kappa shape index (κ3) is 5.08. The topological polar surface area (TPSA) is 66.9 Å². The Morgan fingerprint density at radius 2 is 2.19 bits per heavy atom. The lowest BCUT2D eigenvalue weighted by atomic mass is 10.2. The molecule has 0 spiro atoms. The SMILES string of the molecule is C=CC(=O)N(CC)CC(=O)N1CCSCC1CC(=O)OC. The zero-order valence-electron chi connectivity index (χ0n) is 12.5. The fourth-order valence-electron chi connectivity index (χ4n) is 2.16. The highest BCUT2D eigenvalue weighted by Gasteiger charge is 2.30. The van der Waals surface area contributed by atoms with Gasteiger partial charge < -0.3 is 14.5 Å². The van der Waals surface area contributed by atoms with E-state index >= 15 is 0 Å². The van der Waals surface area contributed by atoms with Gasteiger partial charge in [0.2, 0.25) is 11.8 Å². The summed E-state index contributed by atoms with van der Waals surface area (Å²) in [5, 5.41) is 0. The second-order valence-electron chi connectivity index (χ2n) is 4.65. The Hall–Kier alpha value is -1.50. The summed E-state index contributed by atoms with van der Waals surface area (Å²) in [6, 6.07) is -0.166. The molecule has 118 valence electrons. The molecule has 0 radical (unpaired) electrons. The van der Waals surface area contributed by atoms with Gasteiger partial charge in [-0.05, 0) is 13.0 Å². The predicted octanol–water partition coefficient (Wildman–Crippen LogP) is 0.528. The van der Waals surface area contributed by atoms with Crippen molar-refractivity contribution in [2.24, 2.45) is 0 Å². The van der Waals surface area contributed by atoms with E-state index in [1.54, 1.807) is 16.7 Å². The summed E-state index contributed by atoms with van der Waals surface area (Å²) in [5.74, 6) is 0.825. The van der Waals surface area contributed by atoms with E-state index in [0.29, 0.717) is 18.8 Å². The van der Waals surface area contributed by atoms with Crippen molar-refractivity contribution in [3.05, 3.63) is 12.7 Å². The van der Waals surface area contributed by atoms with Crippen LogP contribution in [-0.4, -0.2) is 71.9 Å². The molecule has 1 rings (SSSR count). The molecule has 1 saturated heterocycles. The van der Waals surface area contributed by atoms with E-state index in [4.69, 9.17) is 0 Å². The van der Waals surface area contributed by atoms with Crippen molar-refractivity contribution in [1.82, 2.24) is 9.80 Å². The van der Waals surface area contributed by atoms with Gasteiger partial charge in [-0.1, -0.05) is 6.58 Å². The Morgan fingerprint density at radius 1 is 1.48 bits per heavy atom. The molecule has 21 heavy (non-hydrogen) atoms. The number of nitrogens with zero attached hydrogens (tertiary/aromatic N) is 2. The number of amides is 2. The van der Waals surface area contributed by atoms with Crippen molar-refractivity contribution in [1.29, 1.82) is 0 Å². The fourth-order valence-corrected chi connectivity index (χ4v) is 3.22. The van der Waals surface area contributed by atoms with Gasteiger partial charge >= 0.3 is 5.97 Å². The third-order valence-electron chi connectivity index (χ3n) is 3.37. The molecule has 0 bridgehead atoms. The minimum atomic E-state index is -0.324. The van der Waals surface area contributed by atoms with Crippen LogP contribution in [0.4, 0.5) is 0 Å². The van der Waals surface area contributed by atoms with Gasteiger partial charge in [0.25, 0.3) is 0 Å². The van der Waals surface area contributed by atoms with Gasteiger partial charge in [-0.2, -0.15) is 11.8 Å². The monoisotopic (exact) mass is 314 g/mol. The number of methoxy groups -OCH3 is 1. The Bertz CT molecular complexity index is 414. The molecule has 1 heterocycles. The summed E-state index contributed by atoms with van der Waals surface area (Å²) in [7, 11) is 1.34. The van der Waals surface area contributed by atoms with E-state index in [1.165, 1.54) is 18.1 Å². The minimum absolute atomic E-state index is 0.0176. The van der Waals surface area contributed by atoms with Crippen molar-refractivity contribution in [2.45, 2.75) is 19.4 Å². The molecule has 7 heteroatoms.